The number of benzene rings is 12. The summed E-state index contributed by atoms with van der Waals surface area (Å²) in [4.78, 5) is 44.2. The molecule has 12 rings (SSSR count). The third kappa shape index (κ3) is 9.49. The Morgan fingerprint density at radius 2 is 0.391 bits per heavy atom. The average Bonchev–Trinajstić information content (AvgIpc) is 3.38. The summed E-state index contributed by atoms with van der Waals surface area (Å²) in [7, 11) is 0. The van der Waals surface area contributed by atoms with E-state index in [1.165, 1.54) is 0 Å². The summed E-state index contributed by atoms with van der Waals surface area (Å²) in [6, 6.07) is 67.9. The second-order valence-electron chi connectivity index (χ2n) is 15.9. The molecule has 12 aromatic carbocycles. The summed E-state index contributed by atoms with van der Waals surface area (Å²) in [5.74, 6) is -4.53. The number of carbonyl (C=O) groups excluding carboxylic acids is 4. The molecule has 0 aliphatic heterocycles. The van der Waals surface area contributed by atoms with Crippen LogP contribution in [0, 0.1) is 0 Å². The topological polar surface area (TPSA) is 161 Å². The van der Waals surface area contributed by atoms with Gasteiger partial charge in [0.05, 0.1) is 23.9 Å². The van der Waals surface area contributed by atoms with Crippen molar-refractivity contribution >= 4 is 110 Å². The van der Waals surface area contributed by atoms with E-state index in [1.54, 1.807) is 48.5 Å². The quantitative estimate of drug-likeness (QED) is 0.125. The summed E-state index contributed by atoms with van der Waals surface area (Å²) in [5.41, 5.74) is 0.975. The summed E-state index contributed by atoms with van der Waals surface area (Å²) >= 11 is 0. The molecule has 0 saturated heterocycles. The van der Waals surface area contributed by atoms with Gasteiger partial charge in [0.15, 0.2) is 0 Å². The number of hydrogen-bond acceptors (Lipinski definition) is 8. The van der Waals surface area contributed by atoms with E-state index < -0.39 is 23.9 Å². The van der Waals surface area contributed by atoms with Crippen LogP contribution in [0.5, 0.6) is 0 Å². The molecule has 8 nitrogen and oxygen atoms in total. The van der Waals surface area contributed by atoms with Gasteiger partial charge in [0.25, 0.3) is 0 Å². The SMILES string of the molecule is O=C([O-])c1cccc2c1ccc1ccccc12.O=C([O-])c1cccc2c1ccc1ccccc12.O=C([O-])c1cccc2c1ccc1ccccc12.O=C([O-])c1cccc2c1ccc1ccccc12.[Ti+4]. The Kier molecular flexibility index (Phi) is 13.9. The van der Waals surface area contributed by atoms with Gasteiger partial charge >= 0.3 is 21.7 Å². The Morgan fingerprint density at radius 1 is 0.203 bits per heavy atom. The molecular formula is C60H36O8Ti. The smallest absolute Gasteiger partial charge is 0.545 e. The first-order chi connectivity index (χ1) is 33.1. The van der Waals surface area contributed by atoms with Gasteiger partial charge in [0.2, 0.25) is 0 Å². The Morgan fingerprint density at radius 3 is 0.594 bits per heavy atom. The molecule has 0 aliphatic carbocycles. The van der Waals surface area contributed by atoms with E-state index in [1.807, 2.05) is 170 Å². The zero-order valence-corrected chi connectivity index (χ0v) is 38.1. The molecule has 0 amide bonds. The van der Waals surface area contributed by atoms with E-state index in [2.05, 4.69) is 0 Å². The number of hydrogen-bond donors (Lipinski definition) is 0. The maximum Gasteiger partial charge on any atom is 4.00 e. The third-order valence-corrected chi connectivity index (χ3v) is 12.0. The molecule has 0 N–H and O–H groups in total. The predicted octanol–water partition coefficient (Wildman–Crippen LogP) is 9.42. The molecule has 0 bridgehead atoms. The van der Waals surface area contributed by atoms with E-state index in [0.717, 1.165) is 86.2 Å². The van der Waals surface area contributed by atoms with Crippen molar-refractivity contribution in [2.75, 3.05) is 0 Å². The average molecular weight is 933 g/mol. The largest absolute Gasteiger partial charge is 4.00 e. The number of rotatable bonds is 4. The van der Waals surface area contributed by atoms with Crippen LogP contribution in [0.3, 0.4) is 0 Å². The molecule has 69 heavy (non-hydrogen) atoms. The first-order valence-corrected chi connectivity index (χ1v) is 21.6. The molecule has 0 unspecified atom stereocenters. The van der Waals surface area contributed by atoms with E-state index in [9.17, 15) is 39.6 Å². The maximum absolute atomic E-state index is 11.0. The molecule has 0 fully saturated rings. The molecule has 0 aromatic heterocycles. The normalized spacial score (nSPS) is 10.7. The Balaban J connectivity index is 0.000000123. The predicted molar refractivity (Wildman–Crippen MR) is 263 cm³/mol. The second-order valence-corrected chi connectivity index (χ2v) is 15.9. The minimum Gasteiger partial charge on any atom is -0.545 e. The van der Waals surface area contributed by atoms with Crippen LogP contribution in [-0.4, -0.2) is 23.9 Å². The number of carboxylic acid groups (broad SMARTS) is 4. The van der Waals surface area contributed by atoms with Crippen LogP contribution >= 0.6 is 0 Å². The van der Waals surface area contributed by atoms with Gasteiger partial charge in [0.1, 0.15) is 0 Å². The number of aromatic carboxylic acids is 4. The minimum absolute atomic E-state index is 0. The summed E-state index contributed by atoms with van der Waals surface area (Å²) in [6.07, 6.45) is 0. The first kappa shape index (κ1) is 46.8. The molecule has 0 heterocycles. The van der Waals surface area contributed by atoms with Crippen molar-refractivity contribution in [3.63, 3.8) is 0 Å². The van der Waals surface area contributed by atoms with Crippen LogP contribution in [0.4, 0.5) is 0 Å². The number of carboxylic acids is 4. The van der Waals surface area contributed by atoms with Crippen molar-refractivity contribution in [1.29, 1.82) is 0 Å². The minimum atomic E-state index is -1.13. The summed E-state index contributed by atoms with van der Waals surface area (Å²) in [6.45, 7) is 0. The van der Waals surface area contributed by atoms with Crippen LogP contribution in [-0.2, 0) is 21.7 Å². The fraction of sp³-hybridized carbons (Fsp3) is 0. The fourth-order valence-corrected chi connectivity index (χ4v) is 8.87. The standard InChI is InChI=1S/4C15H10O2.Ti/c4*16-15(17)14-7-3-6-12-11-5-2-1-4-10(11)8-9-13(12)14;/h4*1-9H,(H,16,17);/q;;;;+4/p-4. The molecule has 0 saturated carbocycles. The van der Waals surface area contributed by atoms with E-state index in [0.29, 0.717) is 0 Å². The zero-order valence-electron chi connectivity index (χ0n) is 36.6. The summed E-state index contributed by atoms with van der Waals surface area (Å²) in [5, 5.41) is 59.5. The molecule has 0 radical (unpaired) electrons. The van der Waals surface area contributed by atoms with Gasteiger partial charge in [-0.2, -0.15) is 0 Å². The van der Waals surface area contributed by atoms with Crippen molar-refractivity contribution in [3.05, 3.63) is 241 Å². The fourth-order valence-electron chi connectivity index (χ4n) is 8.87. The molecule has 0 spiro atoms. The Labute approximate surface area is 409 Å². The van der Waals surface area contributed by atoms with Crippen LogP contribution < -0.4 is 20.4 Å². The molecule has 0 atom stereocenters. The van der Waals surface area contributed by atoms with Crippen LogP contribution in [0.2, 0.25) is 0 Å². The van der Waals surface area contributed by atoms with Gasteiger partial charge in [-0.05, 0) is 86.2 Å². The van der Waals surface area contributed by atoms with Gasteiger partial charge in [0, 0.05) is 22.3 Å². The van der Waals surface area contributed by atoms with Crippen LogP contribution in [0.15, 0.2) is 218 Å². The second kappa shape index (κ2) is 20.4. The van der Waals surface area contributed by atoms with Gasteiger partial charge in [-0.1, -0.05) is 218 Å². The van der Waals surface area contributed by atoms with Gasteiger partial charge in [-0.3, -0.25) is 0 Å². The maximum atomic E-state index is 11.0. The van der Waals surface area contributed by atoms with Gasteiger partial charge < -0.3 is 39.6 Å². The van der Waals surface area contributed by atoms with Crippen molar-refractivity contribution in [3.8, 4) is 0 Å². The van der Waals surface area contributed by atoms with Crippen LogP contribution in [0.1, 0.15) is 41.4 Å². The molecular weight excluding hydrogens is 897 g/mol. The van der Waals surface area contributed by atoms with E-state index in [-0.39, 0.29) is 44.0 Å². The van der Waals surface area contributed by atoms with Gasteiger partial charge in [-0.25, -0.2) is 0 Å². The Hall–Kier alpha value is -8.69. The van der Waals surface area contributed by atoms with Crippen molar-refractivity contribution in [1.82, 2.24) is 0 Å². The van der Waals surface area contributed by atoms with E-state index in [4.69, 9.17) is 0 Å². The van der Waals surface area contributed by atoms with Crippen molar-refractivity contribution < 1.29 is 61.3 Å². The molecule has 328 valence electrons. The van der Waals surface area contributed by atoms with Gasteiger partial charge in [-0.15, -0.1) is 0 Å². The van der Waals surface area contributed by atoms with E-state index >= 15 is 0 Å². The summed E-state index contributed by atoms with van der Waals surface area (Å²) < 4.78 is 0. The number of fused-ring (bicyclic) bond motifs is 12. The first-order valence-electron chi connectivity index (χ1n) is 21.6. The molecule has 12 aromatic rings. The molecule has 0 aliphatic rings. The number of carbonyl (C=O) groups is 4. The van der Waals surface area contributed by atoms with Crippen molar-refractivity contribution in [2.45, 2.75) is 0 Å². The van der Waals surface area contributed by atoms with Crippen LogP contribution in [0.25, 0.3) is 86.2 Å². The third-order valence-electron chi connectivity index (χ3n) is 12.0. The zero-order chi connectivity index (χ0) is 47.3. The monoisotopic (exact) mass is 932 g/mol. The molecule has 9 heteroatoms. The Bertz CT molecular complexity index is 3440. The van der Waals surface area contributed by atoms with Crippen molar-refractivity contribution in [2.24, 2.45) is 0 Å².